The Morgan fingerprint density at radius 1 is 0.456 bits per heavy atom. The van der Waals surface area contributed by atoms with Gasteiger partial charge in [0.1, 0.15) is 12.2 Å². The lowest BCUT2D eigenvalue weighted by Gasteiger charge is -2.33. The molecule has 0 amide bonds. The molecule has 2 N–H and O–H groups in total. The first-order valence-electron chi connectivity index (χ1n) is 23.1. The molecule has 2 aliphatic carbocycles. The van der Waals surface area contributed by atoms with Crippen LogP contribution in [0.1, 0.15) is 124 Å². The van der Waals surface area contributed by atoms with Crippen molar-refractivity contribution in [3.05, 3.63) is 188 Å². The van der Waals surface area contributed by atoms with Gasteiger partial charge in [-0.05, 0) is 118 Å². The van der Waals surface area contributed by atoms with Crippen molar-refractivity contribution in [3.63, 3.8) is 0 Å². The van der Waals surface area contributed by atoms with Crippen molar-refractivity contribution in [2.45, 2.75) is 136 Å². The van der Waals surface area contributed by atoms with Crippen LogP contribution in [-0.2, 0) is 19.2 Å². The molecular weight excluding hydrogens is 841 g/mol. The maximum absolute atomic E-state index is 12.1. The average Bonchev–Trinajstić information content (AvgIpc) is 3.24. The fraction of sp³-hybridized carbons (Fsp3) is 0.355. The van der Waals surface area contributed by atoms with E-state index in [9.17, 15) is 29.4 Å². The van der Waals surface area contributed by atoms with Crippen LogP contribution in [0.5, 0.6) is 0 Å². The minimum absolute atomic E-state index is 0.0785. The maximum atomic E-state index is 12.1. The highest BCUT2D eigenvalue weighted by atomic mass is 16.3. The summed E-state index contributed by atoms with van der Waals surface area (Å²) in [5.74, 6) is 12.3. The van der Waals surface area contributed by atoms with E-state index in [-0.39, 0.29) is 34.0 Å². The summed E-state index contributed by atoms with van der Waals surface area (Å²) in [6.45, 7) is 30.2. The molecule has 0 fully saturated rings. The van der Waals surface area contributed by atoms with Crippen molar-refractivity contribution in [3.8, 4) is 23.7 Å². The predicted octanol–water partition coefficient (Wildman–Crippen LogP) is 13.4. The van der Waals surface area contributed by atoms with Gasteiger partial charge in [-0.1, -0.05) is 195 Å². The van der Waals surface area contributed by atoms with E-state index in [0.717, 1.165) is 55.7 Å². The summed E-state index contributed by atoms with van der Waals surface area (Å²) in [6.07, 6.45) is 38.1. The van der Waals surface area contributed by atoms with Crippen LogP contribution < -0.4 is 0 Å². The van der Waals surface area contributed by atoms with E-state index in [1.165, 1.54) is 0 Å². The van der Waals surface area contributed by atoms with Gasteiger partial charge in [0.2, 0.25) is 0 Å². The van der Waals surface area contributed by atoms with E-state index in [1.807, 2.05) is 191 Å². The molecule has 0 spiro atoms. The first-order chi connectivity index (χ1) is 31.7. The predicted molar refractivity (Wildman–Crippen MR) is 286 cm³/mol. The van der Waals surface area contributed by atoms with Gasteiger partial charge in [-0.2, -0.15) is 0 Å². The van der Waals surface area contributed by atoms with E-state index >= 15 is 0 Å². The normalized spacial score (nSPS) is 20.5. The van der Waals surface area contributed by atoms with Gasteiger partial charge in [0.25, 0.3) is 0 Å². The second-order valence-corrected chi connectivity index (χ2v) is 18.8. The lowest BCUT2D eigenvalue weighted by Crippen LogP contribution is -2.35. The van der Waals surface area contributed by atoms with Crippen LogP contribution in [0.2, 0.25) is 0 Å². The third kappa shape index (κ3) is 22.4. The number of hydrogen-bond acceptors (Lipinski definition) is 6. The Morgan fingerprint density at radius 2 is 0.721 bits per heavy atom. The molecule has 6 heteroatoms. The summed E-state index contributed by atoms with van der Waals surface area (Å²) in [6, 6.07) is 0. The summed E-state index contributed by atoms with van der Waals surface area (Å²) in [7, 11) is 0. The largest absolute Gasteiger partial charge is 0.385 e. The number of allylic oxidation sites excluding steroid dienone is 30. The second kappa shape index (κ2) is 29.3. The molecule has 2 aliphatic rings. The summed E-state index contributed by atoms with van der Waals surface area (Å²) in [4.78, 5) is 46.6. The fourth-order valence-electron chi connectivity index (χ4n) is 6.71. The zero-order chi connectivity index (χ0) is 51.8. The fourth-order valence-corrected chi connectivity index (χ4v) is 6.71. The third-order valence-corrected chi connectivity index (χ3v) is 11.2. The molecular formula is C62H76O6. The Labute approximate surface area is 409 Å². The van der Waals surface area contributed by atoms with Gasteiger partial charge in [0.15, 0.2) is 23.1 Å². The topological polar surface area (TPSA) is 109 Å². The summed E-state index contributed by atoms with van der Waals surface area (Å²) in [5.41, 5.74) is 9.74. The minimum atomic E-state index is -0.932. The van der Waals surface area contributed by atoms with E-state index in [2.05, 4.69) is 23.7 Å². The standard InChI is InChI=1S/2C31H38O3/c2*1-22(13-9-10-14-23(2)17-12-18-25(4)27(6)32)15-11-16-24(3)19-20-28-26(5)30(34)29(33)21-31(28,7)8/h2*9-18,29,33H,21H2,1-8H3/b2*10-9+,15-11+,17-12+,22-13+,23-14+,24-16+,25-18+. The molecule has 6 nitrogen and oxygen atoms in total. The lowest BCUT2D eigenvalue weighted by atomic mass is 9.71. The Morgan fingerprint density at radius 3 is 0.985 bits per heavy atom. The Balaban J connectivity index is 0.000000680. The van der Waals surface area contributed by atoms with Gasteiger partial charge in [0.05, 0.1) is 0 Å². The Kier molecular flexibility index (Phi) is 25.7. The van der Waals surface area contributed by atoms with Crippen LogP contribution in [0.25, 0.3) is 0 Å². The molecule has 0 bridgehead atoms. The van der Waals surface area contributed by atoms with Crippen molar-refractivity contribution in [1.82, 2.24) is 0 Å². The van der Waals surface area contributed by atoms with Gasteiger partial charge in [-0.15, -0.1) is 0 Å². The van der Waals surface area contributed by atoms with Gasteiger partial charge >= 0.3 is 0 Å². The van der Waals surface area contributed by atoms with E-state index in [4.69, 9.17) is 0 Å². The number of aliphatic hydroxyl groups excluding tert-OH is 2. The van der Waals surface area contributed by atoms with Gasteiger partial charge in [0, 0.05) is 33.1 Å². The average molecular weight is 917 g/mol. The molecule has 0 aromatic heterocycles. The summed E-state index contributed by atoms with van der Waals surface area (Å²) < 4.78 is 0. The van der Waals surface area contributed by atoms with Crippen molar-refractivity contribution in [2.75, 3.05) is 0 Å². The highest BCUT2D eigenvalue weighted by Crippen LogP contribution is 2.39. The molecule has 0 saturated heterocycles. The van der Waals surface area contributed by atoms with Gasteiger partial charge in [-0.25, -0.2) is 0 Å². The number of ketones is 4. The van der Waals surface area contributed by atoms with E-state index < -0.39 is 12.2 Å². The van der Waals surface area contributed by atoms with Gasteiger partial charge in [-0.3, -0.25) is 19.2 Å². The second-order valence-electron chi connectivity index (χ2n) is 18.8. The summed E-state index contributed by atoms with van der Waals surface area (Å²) in [5, 5.41) is 19.9. The molecule has 0 aromatic rings. The molecule has 68 heavy (non-hydrogen) atoms. The van der Waals surface area contributed by atoms with E-state index in [0.29, 0.717) is 24.0 Å². The molecule has 0 radical (unpaired) electrons. The number of rotatable bonds is 14. The zero-order valence-corrected chi connectivity index (χ0v) is 43.6. The molecule has 0 aromatic carbocycles. The number of carbonyl (C=O) groups is 4. The highest BCUT2D eigenvalue weighted by Gasteiger charge is 2.38. The first kappa shape index (κ1) is 59.6. The third-order valence-electron chi connectivity index (χ3n) is 11.2. The molecule has 360 valence electrons. The van der Waals surface area contributed by atoms with Crippen LogP contribution in [0.15, 0.2) is 188 Å². The van der Waals surface area contributed by atoms with Crippen molar-refractivity contribution < 1.29 is 29.4 Å². The van der Waals surface area contributed by atoms with Crippen LogP contribution >= 0.6 is 0 Å². The van der Waals surface area contributed by atoms with Gasteiger partial charge < -0.3 is 10.2 Å². The molecule has 2 atom stereocenters. The number of hydrogen-bond donors (Lipinski definition) is 2. The Bertz CT molecular complexity index is 2370. The molecule has 0 saturated carbocycles. The SMILES string of the molecule is CC(=O)/C(C)=C/C=C/C(C)=C/C=C/C=C(C)/C=C/C=C(\C)C#CC1=C(C)C(=O)C(O)CC1(C)C.CC(=O)/C(C)=C/C=C/C(C)=C/C=C/C=C(C)/C=C/C=C(\C)C#CC1=C(C)C(=O)C(O)CC1(C)C. The molecule has 2 unspecified atom stereocenters. The summed E-state index contributed by atoms with van der Waals surface area (Å²) >= 11 is 0. The first-order valence-corrected chi connectivity index (χ1v) is 23.1. The number of Topliss-reactive ketones (excluding diaryl/α,β-unsaturated/α-hetero) is 4. The van der Waals surface area contributed by atoms with Crippen LogP contribution in [0, 0.1) is 34.5 Å². The van der Waals surface area contributed by atoms with Crippen LogP contribution in [0.4, 0.5) is 0 Å². The van der Waals surface area contributed by atoms with Crippen molar-refractivity contribution in [1.29, 1.82) is 0 Å². The maximum Gasteiger partial charge on any atom is 0.187 e. The number of carbonyl (C=O) groups excluding carboxylic acids is 4. The van der Waals surface area contributed by atoms with Crippen molar-refractivity contribution in [2.24, 2.45) is 10.8 Å². The molecule has 2 rings (SSSR count). The molecule has 0 aliphatic heterocycles. The lowest BCUT2D eigenvalue weighted by molar-refractivity contribution is -0.126. The quantitative estimate of drug-likeness (QED) is 0.102. The smallest absolute Gasteiger partial charge is 0.187 e. The monoisotopic (exact) mass is 917 g/mol. The minimum Gasteiger partial charge on any atom is -0.385 e. The van der Waals surface area contributed by atoms with Crippen molar-refractivity contribution >= 4 is 23.1 Å². The number of aliphatic hydroxyl groups is 2. The van der Waals surface area contributed by atoms with Crippen LogP contribution in [-0.4, -0.2) is 45.6 Å². The zero-order valence-electron chi connectivity index (χ0n) is 43.6. The van der Waals surface area contributed by atoms with Crippen LogP contribution in [0.3, 0.4) is 0 Å². The highest BCUT2D eigenvalue weighted by molar-refractivity contribution is 6.01. The molecule has 0 heterocycles. The Hall–Kier alpha value is -6.44. The van der Waals surface area contributed by atoms with E-state index in [1.54, 1.807) is 41.5 Å².